The highest BCUT2D eigenvalue weighted by Gasteiger charge is 2.31. The third-order valence-electron chi connectivity index (χ3n) is 5.34. The Balaban J connectivity index is 1.64. The summed E-state index contributed by atoms with van der Waals surface area (Å²) in [6.45, 7) is 3.22. The van der Waals surface area contributed by atoms with Gasteiger partial charge in [-0.05, 0) is 36.1 Å². The highest BCUT2D eigenvalue weighted by molar-refractivity contribution is 5.87. The van der Waals surface area contributed by atoms with Gasteiger partial charge in [0.2, 0.25) is 5.91 Å². The second kappa shape index (κ2) is 9.82. The normalized spacial score (nSPS) is 13.6. The van der Waals surface area contributed by atoms with Gasteiger partial charge in [0.1, 0.15) is 12.6 Å². The molecule has 0 aromatic heterocycles. The quantitative estimate of drug-likeness (QED) is 0.553. The Morgan fingerprint density at radius 2 is 1.59 bits per heavy atom. The summed E-state index contributed by atoms with van der Waals surface area (Å²) in [4.78, 5) is 36.1. The molecule has 8 nitrogen and oxygen atoms in total. The Morgan fingerprint density at radius 1 is 1.03 bits per heavy atom. The monoisotopic (exact) mass is 440 g/mol. The zero-order valence-electron chi connectivity index (χ0n) is 18.4. The fourth-order valence-electron chi connectivity index (χ4n) is 3.97. The van der Waals surface area contributed by atoms with Crippen LogP contribution in [-0.2, 0) is 19.1 Å². The SMILES string of the molecule is COCC(NC(=O)OCC1c2ccccc2-c2ccccc21)C(=O)NC(C)(C)CC(=O)O. The number of methoxy groups -OCH3 is 1. The minimum Gasteiger partial charge on any atom is -0.481 e. The summed E-state index contributed by atoms with van der Waals surface area (Å²) in [7, 11) is 1.40. The van der Waals surface area contributed by atoms with Crippen molar-refractivity contribution in [2.24, 2.45) is 0 Å². The van der Waals surface area contributed by atoms with Crippen LogP contribution in [0.4, 0.5) is 4.79 Å². The average molecular weight is 440 g/mol. The molecule has 0 spiro atoms. The molecule has 1 aliphatic carbocycles. The highest BCUT2D eigenvalue weighted by atomic mass is 16.5. The summed E-state index contributed by atoms with van der Waals surface area (Å²) < 4.78 is 10.5. The molecule has 0 heterocycles. The number of alkyl carbamates (subject to hydrolysis) is 1. The van der Waals surface area contributed by atoms with Crippen molar-refractivity contribution in [3.05, 3.63) is 59.7 Å². The topological polar surface area (TPSA) is 114 Å². The number of benzene rings is 2. The van der Waals surface area contributed by atoms with Crippen molar-refractivity contribution >= 4 is 18.0 Å². The number of carbonyl (C=O) groups is 3. The number of carbonyl (C=O) groups excluding carboxylic acids is 2. The number of aliphatic carboxylic acids is 1. The molecule has 32 heavy (non-hydrogen) atoms. The van der Waals surface area contributed by atoms with Crippen molar-refractivity contribution < 1.29 is 29.0 Å². The van der Waals surface area contributed by atoms with E-state index in [-0.39, 0.29) is 25.6 Å². The number of amides is 2. The van der Waals surface area contributed by atoms with E-state index < -0.39 is 29.6 Å². The lowest BCUT2D eigenvalue weighted by Crippen LogP contribution is -2.55. The summed E-state index contributed by atoms with van der Waals surface area (Å²) in [5.41, 5.74) is 3.42. The summed E-state index contributed by atoms with van der Waals surface area (Å²) in [5.74, 6) is -1.69. The first kappa shape index (κ1) is 23.3. The van der Waals surface area contributed by atoms with Crippen LogP contribution >= 0.6 is 0 Å². The van der Waals surface area contributed by atoms with Crippen molar-refractivity contribution in [3.63, 3.8) is 0 Å². The Labute approximate surface area is 186 Å². The number of ether oxygens (including phenoxy) is 2. The highest BCUT2D eigenvalue weighted by Crippen LogP contribution is 2.44. The lowest BCUT2D eigenvalue weighted by Gasteiger charge is -2.27. The fourth-order valence-corrected chi connectivity index (χ4v) is 3.97. The summed E-state index contributed by atoms with van der Waals surface area (Å²) >= 11 is 0. The van der Waals surface area contributed by atoms with Gasteiger partial charge in [0.15, 0.2) is 0 Å². The first-order valence-corrected chi connectivity index (χ1v) is 10.4. The second-order valence-electron chi connectivity index (χ2n) is 8.42. The summed E-state index contributed by atoms with van der Waals surface area (Å²) in [6.07, 6.45) is -1.01. The van der Waals surface area contributed by atoms with E-state index in [2.05, 4.69) is 10.6 Å². The summed E-state index contributed by atoms with van der Waals surface area (Å²) in [6, 6.07) is 15.0. The third kappa shape index (κ3) is 5.45. The van der Waals surface area contributed by atoms with Gasteiger partial charge in [-0.3, -0.25) is 9.59 Å². The van der Waals surface area contributed by atoms with Gasteiger partial charge in [0, 0.05) is 18.6 Å². The molecule has 1 aliphatic rings. The van der Waals surface area contributed by atoms with Crippen LogP contribution in [0.1, 0.15) is 37.3 Å². The van der Waals surface area contributed by atoms with Gasteiger partial charge in [0.25, 0.3) is 0 Å². The van der Waals surface area contributed by atoms with Gasteiger partial charge in [-0.1, -0.05) is 48.5 Å². The summed E-state index contributed by atoms with van der Waals surface area (Å²) in [5, 5.41) is 14.1. The molecule has 0 aliphatic heterocycles. The smallest absolute Gasteiger partial charge is 0.407 e. The van der Waals surface area contributed by atoms with E-state index in [1.807, 2.05) is 48.5 Å². The van der Waals surface area contributed by atoms with Crippen LogP contribution in [0.25, 0.3) is 11.1 Å². The standard InChI is InChI=1S/C24H28N2O6/c1-24(2,12-21(27)28)26-22(29)20(14-31-3)25-23(30)32-13-19-17-10-6-4-8-15(17)16-9-5-7-11-18(16)19/h4-11,19-20H,12-14H2,1-3H3,(H,25,30)(H,26,29)(H,27,28). The molecule has 3 rings (SSSR count). The predicted octanol–water partition coefficient (Wildman–Crippen LogP) is 2.91. The molecule has 0 fully saturated rings. The zero-order valence-corrected chi connectivity index (χ0v) is 18.4. The minimum atomic E-state index is -1.04. The first-order valence-electron chi connectivity index (χ1n) is 10.4. The van der Waals surface area contributed by atoms with Crippen LogP contribution in [0.5, 0.6) is 0 Å². The lowest BCUT2D eigenvalue weighted by atomic mass is 9.98. The molecule has 1 unspecified atom stereocenters. The molecule has 170 valence electrons. The molecule has 0 bridgehead atoms. The van der Waals surface area contributed by atoms with E-state index in [1.54, 1.807) is 13.8 Å². The van der Waals surface area contributed by atoms with Gasteiger partial charge >= 0.3 is 12.1 Å². The van der Waals surface area contributed by atoms with E-state index in [9.17, 15) is 14.4 Å². The van der Waals surface area contributed by atoms with E-state index >= 15 is 0 Å². The van der Waals surface area contributed by atoms with Crippen molar-refractivity contribution in [1.29, 1.82) is 0 Å². The fraction of sp³-hybridized carbons (Fsp3) is 0.375. The largest absolute Gasteiger partial charge is 0.481 e. The number of nitrogens with one attached hydrogen (secondary N) is 2. The van der Waals surface area contributed by atoms with Crippen LogP contribution in [0, 0.1) is 0 Å². The number of carboxylic acids is 1. The number of hydrogen-bond donors (Lipinski definition) is 3. The minimum absolute atomic E-state index is 0.0841. The predicted molar refractivity (Wildman–Crippen MR) is 118 cm³/mol. The van der Waals surface area contributed by atoms with E-state index in [4.69, 9.17) is 14.6 Å². The van der Waals surface area contributed by atoms with Crippen LogP contribution in [0.3, 0.4) is 0 Å². The Hall–Kier alpha value is -3.39. The van der Waals surface area contributed by atoms with E-state index in [0.29, 0.717) is 0 Å². The van der Waals surface area contributed by atoms with Crippen molar-refractivity contribution in [2.45, 2.75) is 37.8 Å². The molecular weight excluding hydrogens is 412 g/mol. The second-order valence-corrected chi connectivity index (χ2v) is 8.42. The molecule has 2 amide bonds. The molecule has 2 aromatic rings. The van der Waals surface area contributed by atoms with Crippen LogP contribution < -0.4 is 10.6 Å². The first-order chi connectivity index (χ1) is 15.2. The number of hydrogen-bond acceptors (Lipinski definition) is 5. The van der Waals surface area contributed by atoms with Crippen LogP contribution in [0.2, 0.25) is 0 Å². The Morgan fingerprint density at radius 3 is 2.12 bits per heavy atom. The maximum Gasteiger partial charge on any atom is 0.407 e. The molecule has 8 heteroatoms. The Bertz CT molecular complexity index is 958. The van der Waals surface area contributed by atoms with E-state index in [0.717, 1.165) is 22.3 Å². The number of rotatable bonds is 9. The van der Waals surface area contributed by atoms with Crippen molar-refractivity contribution in [3.8, 4) is 11.1 Å². The lowest BCUT2D eigenvalue weighted by molar-refractivity contribution is -0.138. The molecule has 0 saturated carbocycles. The van der Waals surface area contributed by atoms with Crippen molar-refractivity contribution in [1.82, 2.24) is 10.6 Å². The van der Waals surface area contributed by atoms with Crippen LogP contribution in [-0.4, -0.2) is 55.0 Å². The van der Waals surface area contributed by atoms with Gasteiger partial charge in [-0.2, -0.15) is 0 Å². The van der Waals surface area contributed by atoms with Gasteiger partial charge in [-0.15, -0.1) is 0 Å². The average Bonchev–Trinajstić information content (AvgIpc) is 3.04. The van der Waals surface area contributed by atoms with E-state index in [1.165, 1.54) is 7.11 Å². The Kier molecular flexibility index (Phi) is 7.15. The third-order valence-corrected chi connectivity index (χ3v) is 5.34. The van der Waals surface area contributed by atoms with Crippen LogP contribution in [0.15, 0.2) is 48.5 Å². The molecule has 0 saturated heterocycles. The maximum absolute atomic E-state index is 12.6. The molecule has 2 aromatic carbocycles. The van der Waals surface area contributed by atoms with Gasteiger partial charge in [0.05, 0.1) is 13.0 Å². The van der Waals surface area contributed by atoms with Gasteiger partial charge < -0.3 is 25.2 Å². The molecule has 3 N–H and O–H groups in total. The number of fused-ring (bicyclic) bond motifs is 3. The van der Waals surface area contributed by atoms with Crippen molar-refractivity contribution in [2.75, 3.05) is 20.3 Å². The molecular formula is C24H28N2O6. The van der Waals surface area contributed by atoms with Gasteiger partial charge in [-0.25, -0.2) is 4.79 Å². The number of carboxylic acid groups (broad SMARTS) is 1. The zero-order chi connectivity index (χ0) is 23.3. The maximum atomic E-state index is 12.6. The molecule has 0 radical (unpaired) electrons. The molecule has 1 atom stereocenters.